The highest BCUT2D eigenvalue weighted by molar-refractivity contribution is 9.10. The molecular weight excluding hydrogens is 301 g/mol. The van der Waals surface area contributed by atoms with Gasteiger partial charge in [0.2, 0.25) is 5.78 Å². The minimum atomic E-state index is -0.418. The maximum absolute atomic E-state index is 13.2. The molecule has 18 heavy (non-hydrogen) atoms. The molecule has 0 aliphatic carbocycles. The summed E-state index contributed by atoms with van der Waals surface area (Å²) >= 11 is 3.05. The van der Waals surface area contributed by atoms with Gasteiger partial charge in [0.15, 0.2) is 6.61 Å². The highest BCUT2D eigenvalue weighted by Crippen LogP contribution is 2.21. The molecule has 0 amide bonds. The van der Waals surface area contributed by atoms with Crippen molar-refractivity contribution in [1.29, 1.82) is 0 Å². The van der Waals surface area contributed by atoms with Crippen LogP contribution in [0.15, 0.2) is 41.0 Å². The summed E-state index contributed by atoms with van der Waals surface area (Å²) in [6.07, 6.45) is 1.78. The van der Waals surface area contributed by atoms with Crippen LogP contribution in [0, 0.1) is 5.82 Å². The molecule has 3 nitrogen and oxygen atoms in total. The van der Waals surface area contributed by atoms with Crippen molar-refractivity contribution in [3.8, 4) is 5.75 Å². The lowest BCUT2D eigenvalue weighted by molar-refractivity contribution is 0.0913. The maximum Gasteiger partial charge on any atom is 0.216 e. The Morgan fingerprint density at radius 3 is 2.83 bits per heavy atom. The number of ketones is 1. The van der Waals surface area contributed by atoms with Gasteiger partial charge in [-0.25, -0.2) is 4.39 Å². The van der Waals surface area contributed by atoms with Crippen LogP contribution in [0.3, 0.4) is 0 Å². The second kappa shape index (κ2) is 5.35. The predicted octanol–water partition coefficient (Wildman–Crippen LogP) is 3.19. The number of hydrogen-bond acceptors (Lipinski definition) is 2. The van der Waals surface area contributed by atoms with Crippen molar-refractivity contribution in [2.45, 2.75) is 0 Å². The van der Waals surface area contributed by atoms with Gasteiger partial charge >= 0.3 is 0 Å². The molecular formula is C13H11BrFNO2. The molecule has 1 aromatic carbocycles. The van der Waals surface area contributed by atoms with E-state index in [1.807, 2.05) is 0 Å². The van der Waals surface area contributed by atoms with Crippen LogP contribution in [-0.4, -0.2) is 17.0 Å². The fourth-order valence-electron chi connectivity index (χ4n) is 1.54. The monoisotopic (exact) mass is 311 g/mol. The van der Waals surface area contributed by atoms with Crippen molar-refractivity contribution in [3.05, 3.63) is 52.5 Å². The second-order valence-electron chi connectivity index (χ2n) is 3.79. The third kappa shape index (κ3) is 2.79. The fourth-order valence-corrected chi connectivity index (χ4v) is 1.79. The number of Topliss-reactive ketones (excluding diaryl/α,β-unsaturated/α-hetero) is 1. The first-order valence-corrected chi connectivity index (χ1v) is 6.09. The number of carbonyl (C=O) groups excluding carboxylic acids is 1. The third-order valence-electron chi connectivity index (χ3n) is 2.49. The van der Waals surface area contributed by atoms with E-state index >= 15 is 0 Å². The number of halogens is 2. The van der Waals surface area contributed by atoms with E-state index in [2.05, 4.69) is 15.9 Å². The van der Waals surface area contributed by atoms with Crippen molar-refractivity contribution < 1.29 is 13.9 Å². The first-order valence-electron chi connectivity index (χ1n) is 5.30. The van der Waals surface area contributed by atoms with Gasteiger partial charge in [-0.1, -0.05) is 0 Å². The standard InChI is InChI=1S/C13H11BrFNO2/c1-16-6-2-3-12(16)13(17)8-18-9-4-5-10(14)11(15)7-9/h2-7H,8H2,1H3. The van der Waals surface area contributed by atoms with Crippen LogP contribution in [0.2, 0.25) is 0 Å². The number of hydrogen-bond donors (Lipinski definition) is 0. The van der Waals surface area contributed by atoms with E-state index in [4.69, 9.17) is 4.74 Å². The Hall–Kier alpha value is -1.62. The summed E-state index contributed by atoms with van der Waals surface area (Å²) in [5, 5.41) is 0. The van der Waals surface area contributed by atoms with E-state index in [0.717, 1.165) is 0 Å². The Morgan fingerprint density at radius 1 is 1.44 bits per heavy atom. The molecule has 0 saturated heterocycles. The maximum atomic E-state index is 13.2. The molecule has 0 fully saturated rings. The van der Waals surface area contributed by atoms with Gasteiger partial charge in [-0.05, 0) is 40.2 Å². The van der Waals surface area contributed by atoms with Gasteiger partial charge < -0.3 is 9.30 Å². The van der Waals surface area contributed by atoms with Crippen LogP contribution in [-0.2, 0) is 7.05 Å². The summed E-state index contributed by atoms with van der Waals surface area (Å²) in [6, 6.07) is 7.88. The molecule has 1 heterocycles. The Labute approximate surface area is 112 Å². The highest BCUT2D eigenvalue weighted by Gasteiger charge is 2.10. The van der Waals surface area contributed by atoms with Crippen molar-refractivity contribution in [2.75, 3.05) is 6.61 Å². The van der Waals surface area contributed by atoms with Gasteiger partial charge in [-0.3, -0.25) is 4.79 Å². The lowest BCUT2D eigenvalue weighted by atomic mass is 10.3. The summed E-state index contributed by atoms with van der Waals surface area (Å²) in [5.41, 5.74) is 0.563. The number of benzene rings is 1. The lowest BCUT2D eigenvalue weighted by Crippen LogP contribution is -2.14. The number of rotatable bonds is 4. The van der Waals surface area contributed by atoms with Crippen LogP contribution >= 0.6 is 15.9 Å². The number of aryl methyl sites for hydroxylation is 1. The average Bonchev–Trinajstić information content (AvgIpc) is 2.77. The molecule has 94 valence electrons. The molecule has 0 aliphatic heterocycles. The van der Waals surface area contributed by atoms with Crippen LogP contribution in [0.5, 0.6) is 5.75 Å². The van der Waals surface area contributed by atoms with Gasteiger partial charge in [-0.2, -0.15) is 0 Å². The zero-order chi connectivity index (χ0) is 13.1. The Kier molecular flexibility index (Phi) is 3.81. The predicted molar refractivity (Wildman–Crippen MR) is 69.3 cm³/mol. The molecule has 0 N–H and O–H groups in total. The quantitative estimate of drug-likeness (QED) is 0.812. The molecule has 0 saturated carbocycles. The van der Waals surface area contributed by atoms with Gasteiger partial charge in [0, 0.05) is 19.3 Å². The molecule has 5 heteroatoms. The van der Waals surface area contributed by atoms with E-state index in [1.165, 1.54) is 12.1 Å². The molecule has 0 bridgehead atoms. The molecule has 0 unspecified atom stereocenters. The van der Waals surface area contributed by atoms with Gasteiger partial charge in [0.05, 0.1) is 10.2 Å². The summed E-state index contributed by atoms with van der Waals surface area (Å²) in [6.45, 7) is -0.112. The van der Waals surface area contributed by atoms with E-state index < -0.39 is 5.82 Å². The van der Waals surface area contributed by atoms with Gasteiger partial charge in [0.25, 0.3) is 0 Å². The normalized spacial score (nSPS) is 10.4. The second-order valence-corrected chi connectivity index (χ2v) is 4.65. The smallest absolute Gasteiger partial charge is 0.216 e. The van der Waals surface area contributed by atoms with Crippen molar-refractivity contribution in [2.24, 2.45) is 7.05 Å². The number of carbonyl (C=O) groups is 1. The SMILES string of the molecule is Cn1cccc1C(=O)COc1ccc(Br)c(F)c1. The van der Waals surface area contributed by atoms with Crippen LogP contribution < -0.4 is 4.74 Å². The summed E-state index contributed by atoms with van der Waals surface area (Å²) < 4.78 is 20.6. The van der Waals surface area contributed by atoms with Crippen LogP contribution in [0.4, 0.5) is 4.39 Å². The zero-order valence-electron chi connectivity index (χ0n) is 9.69. The Bertz CT molecular complexity index is 580. The summed E-state index contributed by atoms with van der Waals surface area (Å²) in [4.78, 5) is 11.8. The Morgan fingerprint density at radius 2 is 2.22 bits per heavy atom. The van der Waals surface area contributed by atoms with Crippen molar-refractivity contribution in [3.63, 3.8) is 0 Å². The average molecular weight is 312 g/mol. The third-order valence-corrected chi connectivity index (χ3v) is 3.13. The lowest BCUT2D eigenvalue weighted by Gasteiger charge is -2.06. The molecule has 0 spiro atoms. The fraction of sp³-hybridized carbons (Fsp3) is 0.154. The van der Waals surface area contributed by atoms with Crippen LogP contribution in [0.25, 0.3) is 0 Å². The highest BCUT2D eigenvalue weighted by atomic mass is 79.9. The summed E-state index contributed by atoms with van der Waals surface area (Å²) in [7, 11) is 1.78. The first-order chi connectivity index (χ1) is 8.58. The molecule has 0 aliphatic rings. The van der Waals surface area contributed by atoms with Gasteiger partial charge in [0.1, 0.15) is 11.6 Å². The molecule has 0 radical (unpaired) electrons. The molecule has 1 aromatic heterocycles. The summed E-state index contributed by atoms with van der Waals surface area (Å²) in [5.74, 6) is -0.233. The van der Waals surface area contributed by atoms with Gasteiger partial charge in [-0.15, -0.1) is 0 Å². The van der Waals surface area contributed by atoms with E-state index in [-0.39, 0.29) is 12.4 Å². The topological polar surface area (TPSA) is 31.2 Å². The van der Waals surface area contributed by atoms with E-state index in [9.17, 15) is 9.18 Å². The minimum absolute atomic E-state index is 0.112. The van der Waals surface area contributed by atoms with Crippen LogP contribution in [0.1, 0.15) is 10.5 Å². The van der Waals surface area contributed by atoms with E-state index in [1.54, 1.807) is 36.0 Å². The molecule has 2 rings (SSSR count). The first kappa shape index (κ1) is 12.8. The Balaban J connectivity index is 2.02. The van der Waals surface area contributed by atoms with Crippen molar-refractivity contribution >= 4 is 21.7 Å². The molecule has 0 atom stereocenters. The van der Waals surface area contributed by atoms with Crippen molar-refractivity contribution in [1.82, 2.24) is 4.57 Å². The zero-order valence-corrected chi connectivity index (χ0v) is 11.3. The number of aromatic nitrogens is 1. The largest absolute Gasteiger partial charge is 0.485 e. The number of nitrogens with zero attached hydrogens (tertiary/aromatic N) is 1. The van der Waals surface area contributed by atoms with E-state index in [0.29, 0.717) is 15.9 Å². The number of ether oxygens (including phenoxy) is 1. The minimum Gasteiger partial charge on any atom is -0.485 e. The molecule has 2 aromatic rings.